The summed E-state index contributed by atoms with van der Waals surface area (Å²) in [5.41, 5.74) is 2.42. The molecule has 0 radical (unpaired) electrons. The van der Waals surface area contributed by atoms with E-state index >= 15 is 0 Å². The largest absolute Gasteiger partial charge is 0.476 e. The molecule has 2 aliphatic rings. The summed E-state index contributed by atoms with van der Waals surface area (Å²) in [6, 6.07) is 7.35. The van der Waals surface area contributed by atoms with Crippen LogP contribution in [0, 0.1) is 5.92 Å². The average Bonchev–Trinajstić information content (AvgIpc) is 3.30. The predicted octanol–water partition coefficient (Wildman–Crippen LogP) is 3.62. The van der Waals surface area contributed by atoms with Gasteiger partial charge >= 0.3 is 0 Å². The number of ether oxygens (including phenoxy) is 1. The van der Waals surface area contributed by atoms with Gasteiger partial charge in [0.15, 0.2) is 0 Å². The molecule has 0 unspecified atom stereocenters. The van der Waals surface area contributed by atoms with Crippen molar-refractivity contribution in [3.05, 3.63) is 48.0 Å². The molecule has 1 aliphatic carbocycles. The minimum atomic E-state index is -0.410. The highest BCUT2D eigenvalue weighted by Gasteiger charge is 2.29. The van der Waals surface area contributed by atoms with E-state index in [1.54, 1.807) is 30.6 Å². The average molecular weight is 534 g/mol. The molecule has 2 fully saturated rings. The third-order valence-electron chi connectivity index (χ3n) is 7.65. The second-order valence-electron chi connectivity index (χ2n) is 10.9. The molecule has 0 aromatic carbocycles. The molecule has 2 amide bonds. The number of rotatable bonds is 8. The first-order valence-electron chi connectivity index (χ1n) is 14.2. The van der Waals surface area contributed by atoms with Crippen molar-refractivity contribution in [3.8, 4) is 5.88 Å². The molecule has 1 saturated heterocycles. The second kappa shape index (κ2) is 12.5. The lowest BCUT2D eigenvalue weighted by atomic mass is 9.85. The molecule has 3 aromatic rings. The normalized spacial score (nSPS) is 20.8. The highest BCUT2D eigenvalue weighted by molar-refractivity contribution is 5.93. The number of nitrogens with one attached hydrogen (secondary N) is 2. The molecular formula is C29H39N7O3. The zero-order chi connectivity index (χ0) is 27.2. The Bertz CT molecular complexity index is 1330. The Kier molecular flexibility index (Phi) is 8.71. The van der Waals surface area contributed by atoms with Gasteiger partial charge in [-0.15, -0.1) is 0 Å². The van der Waals surface area contributed by atoms with Crippen LogP contribution in [0.4, 0.5) is 0 Å². The van der Waals surface area contributed by atoms with Crippen LogP contribution in [0.25, 0.3) is 11.0 Å². The van der Waals surface area contributed by atoms with Crippen LogP contribution in [0.5, 0.6) is 5.88 Å². The van der Waals surface area contributed by atoms with Crippen molar-refractivity contribution in [1.29, 1.82) is 0 Å². The minimum absolute atomic E-state index is 0.000318. The van der Waals surface area contributed by atoms with E-state index in [9.17, 15) is 9.59 Å². The Labute approximate surface area is 228 Å². The number of hydrogen-bond acceptors (Lipinski definition) is 6. The number of nitrogens with zero attached hydrogens (tertiary/aromatic N) is 5. The summed E-state index contributed by atoms with van der Waals surface area (Å²) in [5, 5.41) is 3.05. The van der Waals surface area contributed by atoms with Gasteiger partial charge in [-0.3, -0.25) is 19.5 Å². The van der Waals surface area contributed by atoms with Gasteiger partial charge in [-0.25, -0.2) is 4.98 Å². The van der Waals surface area contributed by atoms with Crippen molar-refractivity contribution < 1.29 is 14.3 Å². The van der Waals surface area contributed by atoms with Crippen LogP contribution in [0.2, 0.25) is 0 Å². The standard InChI is InChI=1S/C29H39N7O3/c1-20(2)32-27(37)21-9-11-22(12-10-21)36-25-18-26(39-17-16-35-14-6-3-7-15-35)31-19-24(25)33-29(36)34-28(38)23-8-4-5-13-30-23/h4-5,8,13,18-22H,3,6-7,9-12,14-17H2,1-2H3,(H,32,37)(H,33,34,38). The molecule has 1 saturated carbocycles. The van der Waals surface area contributed by atoms with Crippen molar-refractivity contribution in [2.75, 3.05) is 26.2 Å². The number of hydrogen-bond donors (Lipinski definition) is 2. The fraction of sp³-hybridized carbons (Fsp3) is 0.552. The third-order valence-corrected chi connectivity index (χ3v) is 7.65. The first-order chi connectivity index (χ1) is 19.0. The van der Waals surface area contributed by atoms with Crippen LogP contribution >= 0.6 is 0 Å². The fourth-order valence-corrected chi connectivity index (χ4v) is 5.65. The van der Waals surface area contributed by atoms with E-state index in [1.165, 1.54) is 19.3 Å². The maximum absolute atomic E-state index is 13.0. The van der Waals surface area contributed by atoms with E-state index in [1.807, 2.05) is 19.9 Å². The van der Waals surface area contributed by atoms with E-state index in [-0.39, 0.29) is 29.6 Å². The number of likely N-dealkylation sites (tertiary alicyclic amines) is 1. The smallest absolute Gasteiger partial charge is 0.298 e. The Hall–Kier alpha value is -3.53. The summed E-state index contributed by atoms with van der Waals surface area (Å²) in [4.78, 5) is 44.4. The van der Waals surface area contributed by atoms with Crippen molar-refractivity contribution in [2.45, 2.75) is 70.9 Å². The van der Waals surface area contributed by atoms with Gasteiger partial charge in [0.1, 0.15) is 12.3 Å². The zero-order valence-electron chi connectivity index (χ0n) is 22.9. The summed E-state index contributed by atoms with van der Waals surface area (Å²) < 4.78 is 8.15. The van der Waals surface area contributed by atoms with E-state index in [2.05, 4.69) is 34.7 Å². The van der Waals surface area contributed by atoms with Gasteiger partial charge in [0, 0.05) is 36.8 Å². The van der Waals surface area contributed by atoms with Gasteiger partial charge in [-0.2, -0.15) is 4.99 Å². The summed E-state index contributed by atoms with van der Waals surface area (Å²) in [7, 11) is 0. The number of H-pyrrole nitrogens is 1. The molecule has 208 valence electrons. The van der Waals surface area contributed by atoms with Crippen LogP contribution in [-0.2, 0) is 4.79 Å². The number of carbonyl (C=O) groups excluding carboxylic acids is 2. The van der Waals surface area contributed by atoms with E-state index in [4.69, 9.17) is 4.74 Å². The van der Waals surface area contributed by atoms with Gasteiger partial charge < -0.3 is 19.6 Å². The van der Waals surface area contributed by atoms with Crippen molar-refractivity contribution in [1.82, 2.24) is 29.7 Å². The van der Waals surface area contributed by atoms with Gasteiger partial charge in [0.25, 0.3) is 5.91 Å². The Morgan fingerprint density at radius 3 is 2.64 bits per heavy atom. The molecule has 0 bridgehead atoms. The van der Waals surface area contributed by atoms with Crippen LogP contribution in [-0.4, -0.2) is 68.5 Å². The van der Waals surface area contributed by atoms with Crippen LogP contribution in [0.1, 0.15) is 75.3 Å². The number of imidazole rings is 1. The van der Waals surface area contributed by atoms with Crippen LogP contribution in [0.15, 0.2) is 41.7 Å². The molecule has 39 heavy (non-hydrogen) atoms. The molecule has 1 aliphatic heterocycles. The molecular weight excluding hydrogens is 494 g/mol. The quantitative estimate of drug-likeness (QED) is 0.457. The first-order valence-corrected chi connectivity index (χ1v) is 14.2. The lowest BCUT2D eigenvalue weighted by molar-refractivity contribution is -0.126. The van der Waals surface area contributed by atoms with Crippen molar-refractivity contribution in [3.63, 3.8) is 0 Å². The molecule has 3 aromatic heterocycles. The molecule has 4 heterocycles. The summed E-state index contributed by atoms with van der Waals surface area (Å²) in [6.07, 6.45) is 10.3. The Balaban J connectivity index is 1.41. The number of aromatic amines is 1. The lowest BCUT2D eigenvalue weighted by Crippen LogP contribution is -2.38. The van der Waals surface area contributed by atoms with E-state index in [0.717, 1.165) is 56.4 Å². The highest BCUT2D eigenvalue weighted by Crippen LogP contribution is 2.33. The van der Waals surface area contributed by atoms with Crippen LogP contribution in [0.3, 0.4) is 0 Å². The lowest BCUT2D eigenvalue weighted by Gasteiger charge is -2.29. The predicted molar refractivity (Wildman–Crippen MR) is 148 cm³/mol. The highest BCUT2D eigenvalue weighted by atomic mass is 16.5. The number of amides is 2. The second-order valence-corrected chi connectivity index (χ2v) is 10.9. The van der Waals surface area contributed by atoms with Crippen molar-refractivity contribution in [2.24, 2.45) is 10.9 Å². The summed E-state index contributed by atoms with van der Waals surface area (Å²) in [5.74, 6) is 0.267. The van der Waals surface area contributed by atoms with Crippen molar-refractivity contribution >= 4 is 22.8 Å². The van der Waals surface area contributed by atoms with Gasteiger partial charge in [-0.1, -0.05) is 12.5 Å². The van der Waals surface area contributed by atoms with E-state index < -0.39 is 5.91 Å². The number of piperidine rings is 1. The van der Waals surface area contributed by atoms with E-state index in [0.29, 0.717) is 18.1 Å². The molecule has 0 atom stereocenters. The molecule has 2 N–H and O–H groups in total. The monoisotopic (exact) mass is 533 g/mol. The number of fused-ring (bicyclic) bond motifs is 1. The zero-order valence-corrected chi connectivity index (χ0v) is 22.9. The van der Waals surface area contributed by atoms with Crippen LogP contribution < -0.4 is 15.7 Å². The summed E-state index contributed by atoms with van der Waals surface area (Å²) >= 11 is 0. The number of aromatic nitrogens is 4. The first kappa shape index (κ1) is 27.1. The molecule has 0 spiro atoms. The molecule has 5 rings (SSSR count). The maximum Gasteiger partial charge on any atom is 0.298 e. The van der Waals surface area contributed by atoms with Gasteiger partial charge in [0.05, 0.1) is 17.2 Å². The Morgan fingerprint density at radius 2 is 1.92 bits per heavy atom. The third kappa shape index (κ3) is 6.73. The summed E-state index contributed by atoms with van der Waals surface area (Å²) in [6.45, 7) is 7.68. The molecule has 10 nitrogen and oxygen atoms in total. The number of carbonyl (C=O) groups is 2. The Morgan fingerprint density at radius 1 is 1.13 bits per heavy atom. The minimum Gasteiger partial charge on any atom is -0.476 e. The topological polar surface area (TPSA) is 117 Å². The number of pyridine rings is 2. The SMILES string of the molecule is CC(C)NC(=O)C1CCC(n2/c(=N/C(=O)c3ccccn3)[nH]c3cnc(OCCN4CCCCC4)cc32)CC1. The molecule has 10 heteroatoms. The van der Waals surface area contributed by atoms with Gasteiger partial charge in [0.2, 0.25) is 17.4 Å². The van der Waals surface area contributed by atoms with Gasteiger partial charge in [-0.05, 0) is 77.6 Å². The fourth-order valence-electron chi connectivity index (χ4n) is 5.65. The maximum atomic E-state index is 13.0.